The molecule has 0 saturated carbocycles. The maximum Gasteiger partial charge on any atom is 0.387 e. The number of hydrogen-bond donors (Lipinski definition) is 1. The molecular formula is C17H16F2N2O4. The number of benzene rings is 2. The van der Waals surface area contributed by atoms with Gasteiger partial charge in [0, 0.05) is 17.2 Å². The van der Waals surface area contributed by atoms with E-state index in [-0.39, 0.29) is 17.5 Å². The molecule has 0 fully saturated rings. The molecule has 0 heterocycles. The van der Waals surface area contributed by atoms with E-state index in [1.165, 1.54) is 30.3 Å². The Morgan fingerprint density at radius 1 is 1.20 bits per heavy atom. The van der Waals surface area contributed by atoms with E-state index in [0.29, 0.717) is 16.7 Å². The molecule has 0 aliphatic carbocycles. The second-order valence-electron chi connectivity index (χ2n) is 5.40. The number of nitrogens with one attached hydrogen (secondary N) is 1. The molecule has 1 N–H and O–H groups in total. The fraction of sp³-hybridized carbons (Fsp3) is 0.235. The van der Waals surface area contributed by atoms with E-state index in [2.05, 4.69) is 10.1 Å². The number of nitro groups is 1. The third-order valence-corrected chi connectivity index (χ3v) is 3.61. The van der Waals surface area contributed by atoms with E-state index in [9.17, 15) is 23.7 Å². The van der Waals surface area contributed by atoms with Crippen molar-refractivity contribution >= 4 is 11.6 Å². The van der Waals surface area contributed by atoms with Crippen molar-refractivity contribution in [2.75, 3.05) is 0 Å². The Hall–Kier alpha value is -3.03. The number of carbonyl (C=O) groups is 1. The van der Waals surface area contributed by atoms with Gasteiger partial charge in [-0.2, -0.15) is 8.78 Å². The molecule has 2 aromatic rings. The van der Waals surface area contributed by atoms with Gasteiger partial charge in [0.2, 0.25) is 0 Å². The largest absolute Gasteiger partial charge is 0.435 e. The highest BCUT2D eigenvalue weighted by molar-refractivity contribution is 5.95. The predicted molar refractivity (Wildman–Crippen MR) is 86.8 cm³/mol. The summed E-state index contributed by atoms with van der Waals surface area (Å²) in [5, 5.41) is 13.6. The van der Waals surface area contributed by atoms with Gasteiger partial charge in [0.15, 0.2) is 0 Å². The smallest absolute Gasteiger partial charge is 0.387 e. The van der Waals surface area contributed by atoms with Crippen LogP contribution >= 0.6 is 0 Å². The van der Waals surface area contributed by atoms with Crippen molar-refractivity contribution in [3.8, 4) is 5.75 Å². The fourth-order valence-electron chi connectivity index (χ4n) is 2.30. The predicted octanol–water partition coefficient (Wildman–Crippen LogP) is 4.00. The van der Waals surface area contributed by atoms with Gasteiger partial charge >= 0.3 is 6.61 Å². The van der Waals surface area contributed by atoms with E-state index < -0.39 is 17.4 Å². The average molecular weight is 350 g/mol. The number of alkyl halides is 2. The lowest BCUT2D eigenvalue weighted by molar-refractivity contribution is -0.385. The standard InChI is InChI=1S/C17H16F2N2O4/c1-10-9-13(5-8-15(10)21(23)24)16(22)20-11(2)12-3-6-14(7-4-12)25-17(18)19/h3-9,11,17H,1-2H3,(H,20,22)/t11-/m0/s1. The van der Waals surface area contributed by atoms with Crippen LogP contribution in [0.25, 0.3) is 0 Å². The van der Waals surface area contributed by atoms with Gasteiger partial charge in [0.05, 0.1) is 11.0 Å². The van der Waals surface area contributed by atoms with Crippen LogP contribution < -0.4 is 10.1 Å². The van der Waals surface area contributed by atoms with Crippen LogP contribution in [-0.2, 0) is 0 Å². The zero-order valence-corrected chi connectivity index (χ0v) is 13.5. The summed E-state index contributed by atoms with van der Waals surface area (Å²) in [7, 11) is 0. The summed E-state index contributed by atoms with van der Waals surface area (Å²) in [5.74, 6) is -0.360. The molecule has 25 heavy (non-hydrogen) atoms. The molecule has 8 heteroatoms. The van der Waals surface area contributed by atoms with E-state index in [1.807, 2.05) is 0 Å². The topological polar surface area (TPSA) is 81.5 Å². The molecule has 0 aliphatic rings. The van der Waals surface area contributed by atoms with Crippen LogP contribution in [-0.4, -0.2) is 17.4 Å². The minimum Gasteiger partial charge on any atom is -0.435 e. The van der Waals surface area contributed by atoms with Crippen molar-refractivity contribution < 1.29 is 23.2 Å². The maximum atomic E-state index is 12.3. The van der Waals surface area contributed by atoms with Crippen LogP contribution in [0.5, 0.6) is 5.75 Å². The van der Waals surface area contributed by atoms with Crippen LogP contribution in [0.15, 0.2) is 42.5 Å². The number of ether oxygens (including phenoxy) is 1. The molecule has 2 aromatic carbocycles. The molecule has 0 radical (unpaired) electrons. The van der Waals surface area contributed by atoms with E-state index in [0.717, 1.165) is 0 Å². The zero-order valence-electron chi connectivity index (χ0n) is 13.5. The fourth-order valence-corrected chi connectivity index (χ4v) is 2.30. The molecule has 6 nitrogen and oxygen atoms in total. The third kappa shape index (κ3) is 4.72. The van der Waals surface area contributed by atoms with Gasteiger partial charge in [-0.25, -0.2) is 0 Å². The maximum absolute atomic E-state index is 12.3. The zero-order chi connectivity index (χ0) is 18.6. The lowest BCUT2D eigenvalue weighted by Crippen LogP contribution is -2.26. The molecule has 0 aliphatic heterocycles. The van der Waals surface area contributed by atoms with Crippen LogP contribution in [0.4, 0.5) is 14.5 Å². The van der Waals surface area contributed by atoms with Crippen molar-refractivity contribution in [2.45, 2.75) is 26.5 Å². The first-order valence-electron chi connectivity index (χ1n) is 7.38. The number of hydrogen-bond acceptors (Lipinski definition) is 4. The van der Waals surface area contributed by atoms with Gasteiger partial charge < -0.3 is 10.1 Å². The molecule has 0 unspecified atom stereocenters. The van der Waals surface area contributed by atoms with Gasteiger partial charge in [-0.1, -0.05) is 12.1 Å². The first kappa shape index (κ1) is 18.3. The summed E-state index contributed by atoms with van der Waals surface area (Å²) < 4.78 is 28.5. The number of halogens is 2. The Bertz CT molecular complexity index is 779. The Balaban J connectivity index is 2.07. The third-order valence-electron chi connectivity index (χ3n) is 3.61. The van der Waals surface area contributed by atoms with Crippen molar-refractivity contribution in [1.82, 2.24) is 5.32 Å². The average Bonchev–Trinajstić information content (AvgIpc) is 2.54. The Labute approximate surface area is 142 Å². The molecule has 1 amide bonds. The Kier molecular flexibility index (Phi) is 5.63. The van der Waals surface area contributed by atoms with Gasteiger partial charge in [0.25, 0.3) is 11.6 Å². The van der Waals surface area contributed by atoms with Crippen LogP contribution in [0.2, 0.25) is 0 Å². The highest BCUT2D eigenvalue weighted by atomic mass is 19.3. The molecular weight excluding hydrogens is 334 g/mol. The molecule has 0 saturated heterocycles. The summed E-state index contributed by atoms with van der Waals surface area (Å²) in [5.41, 5.74) is 1.33. The molecule has 0 aromatic heterocycles. The van der Waals surface area contributed by atoms with Crippen molar-refractivity contribution in [3.63, 3.8) is 0 Å². The highest BCUT2D eigenvalue weighted by Crippen LogP contribution is 2.21. The molecule has 0 spiro atoms. The number of aryl methyl sites for hydroxylation is 1. The number of nitrogens with zero attached hydrogens (tertiary/aromatic N) is 1. The van der Waals surface area contributed by atoms with Gasteiger partial charge in [0.1, 0.15) is 5.75 Å². The molecule has 1 atom stereocenters. The summed E-state index contributed by atoms with van der Waals surface area (Å²) in [6.07, 6.45) is 0. The minimum atomic E-state index is -2.90. The Morgan fingerprint density at radius 2 is 1.84 bits per heavy atom. The molecule has 2 rings (SSSR count). The first-order chi connectivity index (χ1) is 11.8. The second kappa shape index (κ2) is 7.69. The van der Waals surface area contributed by atoms with Crippen molar-refractivity contribution in [1.29, 1.82) is 0 Å². The van der Waals surface area contributed by atoms with E-state index in [1.54, 1.807) is 26.0 Å². The van der Waals surface area contributed by atoms with E-state index in [4.69, 9.17) is 0 Å². The van der Waals surface area contributed by atoms with Crippen molar-refractivity contribution in [3.05, 3.63) is 69.3 Å². The monoisotopic (exact) mass is 350 g/mol. The summed E-state index contributed by atoms with van der Waals surface area (Å²) >= 11 is 0. The number of amides is 1. The first-order valence-corrected chi connectivity index (χ1v) is 7.38. The summed E-state index contributed by atoms with van der Waals surface area (Å²) in [6.45, 7) is 0.396. The van der Waals surface area contributed by atoms with Crippen LogP contribution in [0, 0.1) is 17.0 Å². The minimum absolute atomic E-state index is 0.0308. The van der Waals surface area contributed by atoms with Gasteiger partial charge in [-0.15, -0.1) is 0 Å². The van der Waals surface area contributed by atoms with Gasteiger partial charge in [-0.3, -0.25) is 14.9 Å². The summed E-state index contributed by atoms with van der Waals surface area (Å²) in [6, 6.07) is 9.65. The normalized spacial score (nSPS) is 11.9. The van der Waals surface area contributed by atoms with Crippen LogP contribution in [0.3, 0.4) is 0 Å². The molecule has 132 valence electrons. The number of nitro benzene ring substituents is 1. The summed E-state index contributed by atoms with van der Waals surface area (Å²) in [4.78, 5) is 22.6. The number of carbonyl (C=O) groups excluding carboxylic acids is 1. The molecule has 0 bridgehead atoms. The second-order valence-corrected chi connectivity index (χ2v) is 5.40. The van der Waals surface area contributed by atoms with Crippen LogP contribution in [0.1, 0.15) is 34.5 Å². The lowest BCUT2D eigenvalue weighted by atomic mass is 10.1. The quantitative estimate of drug-likeness (QED) is 0.631. The van der Waals surface area contributed by atoms with Crippen molar-refractivity contribution in [2.24, 2.45) is 0 Å². The highest BCUT2D eigenvalue weighted by Gasteiger charge is 2.16. The SMILES string of the molecule is Cc1cc(C(=O)N[C@@H](C)c2ccc(OC(F)F)cc2)ccc1[N+](=O)[O-]. The van der Waals surface area contributed by atoms with Gasteiger partial charge in [-0.05, 0) is 43.7 Å². The number of rotatable bonds is 6. The van der Waals surface area contributed by atoms with E-state index >= 15 is 0 Å². The lowest BCUT2D eigenvalue weighted by Gasteiger charge is -2.15. The Morgan fingerprint density at radius 3 is 2.36 bits per heavy atom.